The molecule has 1 heterocycles. The van der Waals surface area contributed by atoms with Crippen molar-refractivity contribution < 1.29 is 0 Å². The molecule has 18 heavy (non-hydrogen) atoms. The monoisotopic (exact) mass is 299 g/mol. The topological polar surface area (TPSA) is 12.9 Å². The second-order valence-corrected chi connectivity index (χ2v) is 7.08. The van der Waals surface area contributed by atoms with Gasteiger partial charge in [-0.15, -0.1) is 11.3 Å². The smallest absolute Gasteiger partial charge is 0.0972 e. The molecule has 0 aliphatic rings. The average Bonchev–Trinajstić information content (AvgIpc) is 2.70. The van der Waals surface area contributed by atoms with Gasteiger partial charge < -0.3 is 0 Å². The van der Waals surface area contributed by atoms with Gasteiger partial charge in [0.1, 0.15) is 0 Å². The second kappa shape index (κ2) is 5.20. The Hall–Kier alpha value is -0.570. The summed E-state index contributed by atoms with van der Waals surface area (Å²) in [4.78, 5) is 4.67. The Bertz CT molecular complexity index is 555. The Labute approximate surface area is 122 Å². The average molecular weight is 300 g/mol. The zero-order valence-electron chi connectivity index (χ0n) is 10.6. The minimum Gasteiger partial charge on any atom is -0.245 e. The van der Waals surface area contributed by atoms with E-state index < -0.39 is 0 Å². The molecule has 1 aromatic carbocycles. The zero-order valence-corrected chi connectivity index (χ0v) is 13.0. The molecule has 0 unspecified atom stereocenters. The minimum atomic E-state index is 0.0958. The van der Waals surface area contributed by atoms with Crippen molar-refractivity contribution in [2.45, 2.75) is 32.6 Å². The summed E-state index contributed by atoms with van der Waals surface area (Å²) in [6, 6.07) is 5.60. The van der Waals surface area contributed by atoms with E-state index in [0.29, 0.717) is 10.0 Å². The summed E-state index contributed by atoms with van der Waals surface area (Å²) < 4.78 is 0. The van der Waals surface area contributed by atoms with Gasteiger partial charge in [-0.05, 0) is 17.7 Å². The van der Waals surface area contributed by atoms with Gasteiger partial charge in [-0.2, -0.15) is 0 Å². The first kappa shape index (κ1) is 13.9. The third kappa shape index (κ3) is 3.25. The fraction of sp³-hybridized carbons (Fsp3) is 0.357. The van der Waals surface area contributed by atoms with Crippen LogP contribution in [0.1, 0.15) is 37.0 Å². The Morgan fingerprint density at radius 2 is 1.94 bits per heavy atom. The standard InChI is InChI=1S/C14H15Cl2NS/c1-14(2,3)12-8-18-13(17-12)6-9-4-5-10(15)7-11(9)16/h4-5,7-8H,6H2,1-3H3. The summed E-state index contributed by atoms with van der Waals surface area (Å²) in [7, 11) is 0. The number of halogens is 2. The van der Waals surface area contributed by atoms with Crippen LogP contribution < -0.4 is 0 Å². The molecule has 4 heteroatoms. The third-order valence-electron chi connectivity index (χ3n) is 2.68. The van der Waals surface area contributed by atoms with E-state index in [0.717, 1.165) is 22.7 Å². The molecule has 2 rings (SSSR count). The Kier molecular flexibility index (Phi) is 4.00. The van der Waals surface area contributed by atoms with Crippen LogP contribution in [-0.4, -0.2) is 4.98 Å². The molecule has 0 bridgehead atoms. The normalized spacial score (nSPS) is 11.8. The highest BCUT2D eigenvalue weighted by Crippen LogP contribution is 2.27. The molecule has 0 fully saturated rings. The number of benzene rings is 1. The van der Waals surface area contributed by atoms with Gasteiger partial charge in [0, 0.05) is 27.3 Å². The lowest BCUT2D eigenvalue weighted by Gasteiger charge is -2.14. The highest BCUT2D eigenvalue weighted by Gasteiger charge is 2.17. The van der Waals surface area contributed by atoms with E-state index in [-0.39, 0.29) is 5.41 Å². The number of aromatic nitrogens is 1. The second-order valence-electron chi connectivity index (χ2n) is 5.29. The van der Waals surface area contributed by atoms with E-state index in [1.54, 1.807) is 17.4 Å². The molecule has 0 saturated carbocycles. The van der Waals surface area contributed by atoms with Crippen molar-refractivity contribution in [3.63, 3.8) is 0 Å². The van der Waals surface area contributed by atoms with Crippen molar-refractivity contribution in [1.29, 1.82) is 0 Å². The van der Waals surface area contributed by atoms with Crippen LogP contribution in [0.25, 0.3) is 0 Å². The molecule has 0 atom stereocenters. The fourth-order valence-electron chi connectivity index (χ4n) is 1.56. The summed E-state index contributed by atoms with van der Waals surface area (Å²) in [6.45, 7) is 6.50. The summed E-state index contributed by atoms with van der Waals surface area (Å²) in [5, 5.41) is 4.58. The van der Waals surface area contributed by atoms with Crippen LogP contribution in [0.4, 0.5) is 0 Å². The lowest BCUT2D eigenvalue weighted by atomic mass is 9.93. The molecule has 2 aromatic rings. The van der Waals surface area contributed by atoms with Crippen LogP contribution in [0, 0.1) is 0 Å². The van der Waals surface area contributed by atoms with Gasteiger partial charge in [-0.3, -0.25) is 0 Å². The zero-order chi connectivity index (χ0) is 13.3. The predicted molar refractivity (Wildman–Crippen MR) is 80.1 cm³/mol. The van der Waals surface area contributed by atoms with Gasteiger partial charge in [-0.1, -0.05) is 50.0 Å². The van der Waals surface area contributed by atoms with E-state index in [4.69, 9.17) is 23.2 Å². The maximum Gasteiger partial charge on any atom is 0.0972 e. The largest absolute Gasteiger partial charge is 0.245 e. The number of hydrogen-bond donors (Lipinski definition) is 0. The number of rotatable bonds is 2. The van der Waals surface area contributed by atoms with Crippen LogP contribution in [-0.2, 0) is 11.8 Å². The van der Waals surface area contributed by atoms with Crippen molar-refractivity contribution >= 4 is 34.5 Å². The molecule has 0 N–H and O–H groups in total. The van der Waals surface area contributed by atoms with Gasteiger partial charge in [0.2, 0.25) is 0 Å². The van der Waals surface area contributed by atoms with Gasteiger partial charge in [0.25, 0.3) is 0 Å². The van der Waals surface area contributed by atoms with Crippen molar-refractivity contribution in [3.05, 3.63) is 49.9 Å². The molecule has 0 saturated heterocycles. The molecule has 1 nitrogen and oxygen atoms in total. The molecule has 0 amide bonds. The third-order valence-corrected chi connectivity index (χ3v) is 4.11. The van der Waals surface area contributed by atoms with Crippen LogP contribution in [0.2, 0.25) is 10.0 Å². The van der Waals surface area contributed by atoms with E-state index >= 15 is 0 Å². The Balaban J connectivity index is 2.21. The highest BCUT2D eigenvalue weighted by molar-refractivity contribution is 7.09. The summed E-state index contributed by atoms with van der Waals surface area (Å²) in [5.74, 6) is 0. The molecular formula is C14H15Cl2NS. The van der Waals surface area contributed by atoms with E-state index in [1.807, 2.05) is 12.1 Å². The number of thiazole rings is 1. The van der Waals surface area contributed by atoms with E-state index in [1.165, 1.54) is 0 Å². The van der Waals surface area contributed by atoms with Gasteiger partial charge in [0.05, 0.1) is 10.7 Å². The van der Waals surface area contributed by atoms with Crippen molar-refractivity contribution in [2.75, 3.05) is 0 Å². The quantitative estimate of drug-likeness (QED) is 0.729. The van der Waals surface area contributed by atoms with Gasteiger partial charge >= 0.3 is 0 Å². The van der Waals surface area contributed by atoms with Crippen molar-refractivity contribution in [3.8, 4) is 0 Å². The van der Waals surface area contributed by atoms with Crippen LogP contribution >= 0.6 is 34.5 Å². The number of nitrogens with zero attached hydrogens (tertiary/aromatic N) is 1. The lowest BCUT2D eigenvalue weighted by Crippen LogP contribution is -2.11. The summed E-state index contributed by atoms with van der Waals surface area (Å²) in [5.41, 5.74) is 2.29. The van der Waals surface area contributed by atoms with Crippen molar-refractivity contribution in [1.82, 2.24) is 4.98 Å². The first-order valence-corrected chi connectivity index (χ1v) is 7.38. The van der Waals surface area contributed by atoms with E-state index in [2.05, 4.69) is 31.1 Å². The van der Waals surface area contributed by atoms with Crippen LogP contribution in [0.15, 0.2) is 23.6 Å². The molecular weight excluding hydrogens is 285 g/mol. The van der Waals surface area contributed by atoms with Gasteiger partial charge in [0.15, 0.2) is 0 Å². The van der Waals surface area contributed by atoms with Crippen LogP contribution in [0.3, 0.4) is 0 Å². The SMILES string of the molecule is CC(C)(C)c1csc(Cc2ccc(Cl)cc2Cl)n1. The molecule has 1 aromatic heterocycles. The first-order chi connectivity index (χ1) is 8.36. The van der Waals surface area contributed by atoms with E-state index in [9.17, 15) is 0 Å². The van der Waals surface area contributed by atoms with Gasteiger partial charge in [-0.25, -0.2) is 4.98 Å². The molecule has 96 valence electrons. The van der Waals surface area contributed by atoms with Crippen molar-refractivity contribution in [2.24, 2.45) is 0 Å². The maximum atomic E-state index is 6.17. The predicted octanol–water partition coefficient (Wildman–Crippen LogP) is 5.34. The fourth-order valence-corrected chi connectivity index (χ4v) is 3.08. The number of hydrogen-bond acceptors (Lipinski definition) is 2. The lowest BCUT2D eigenvalue weighted by molar-refractivity contribution is 0.571. The molecule has 0 aliphatic carbocycles. The van der Waals surface area contributed by atoms with Crippen LogP contribution in [0.5, 0.6) is 0 Å². The molecule has 0 radical (unpaired) electrons. The molecule has 0 aliphatic heterocycles. The summed E-state index contributed by atoms with van der Waals surface area (Å²) in [6.07, 6.45) is 0.761. The Morgan fingerprint density at radius 1 is 1.22 bits per heavy atom. The first-order valence-electron chi connectivity index (χ1n) is 5.75. The highest BCUT2D eigenvalue weighted by atomic mass is 35.5. The Morgan fingerprint density at radius 3 is 2.50 bits per heavy atom. The molecule has 0 spiro atoms. The summed E-state index contributed by atoms with van der Waals surface area (Å²) >= 11 is 13.7. The maximum absolute atomic E-state index is 6.17. The minimum absolute atomic E-state index is 0.0958.